The highest BCUT2D eigenvalue weighted by Gasteiger charge is 2.20. The quantitative estimate of drug-likeness (QED) is 0.862. The van der Waals surface area contributed by atoms with Crippen LogP contribution in [-0.2, 0) is 6.42 Å². The summed E-state index contributed by atoms with van der Waals surface area (Å²) in [6.07, 6.45) is 1.10. The van der Waals surface area contributed by atoms with Crippen molar-refractivity contribution >= 4 is 11.3 Å². The van der Waals surface area contributed by atoms with E-state index in [4.69, 9.17) is 0 Å². The number of aryl methyl sites for hydroxylation is 4. The Bertz CT molecular complexity index is 545. The zero-order valence-corrected chi connectivity index (χ0v) is 13.3. The van der Waals surface area contributed by atoms with Gasteiger partial charge in [-0.1, -0.05) is 24.6 Å². The Kier molecular flexibility index (Phi) is 4.43. The van der Waals surface area contributed by atoms with E-state index < -0.39 is 0 Å². The highest BCUT2D eigenvalue weighted by Crippen LogP contribution is 2.33. The predicted octanol–water partition coefficient (Wildman–Crippen LogP) is 4.54. The topological polar surface area (TPSA) is 12.0 Å². The molecule has 102 valence electrons. The van der Waals surface area contributed by atoms with Gasteiger partial charge in [0.15, 0.2) is 0 Å². The van der Waals surface area contributed by atoms with Crippen LogP contribution in [-0.4, -0.2) is 7.05 Å². The van der Waals surface area contributed by atoms with Crippen molar-refractivity contribution in [3.8, 4) is 0 Å². The second kappa shape index (κ2) is 5.89. The van der Waals surface area contributed by atoms with Gasteiger partial charge in [0, 0.05) is 4.88 Å². The summed E-state index contributed by atoms with van der Waals surface area (Å²) >= 11 is 1.86. The molecule has 0 spiro atoms. The van der Waals surface area contributed by atoms with Crippen molar-refractivity contribution < 1.29 is 0 Å². The molecule has 0 aliphatic heterocycles. The summed E-state index contributed by atoms with van der Waals surface area (Å²) in [6.45, 7) is 8.84. The molecule has 2 aromatic rings. The lowest BCUT2D eigenvalue weighted by atomic mass is 9.92. The fourth-order valence-electron chi connectivity index (χ4n) is 2.95. The van der Waals surface area contributed by atoms with Gasteiger partial charge in [-0.2, -0.15) is 0 Å². The molecule has 0 amide bonds. The molecule has 1 heterocycles. The molecule has 0 fully saturated rings. The van der Waals surface area contributed by atoms with Crippen LogP contribution >= 0.6 is 11.3 Å². The molecule has 1 aromatic heterocycles. The fraction of sp³-hybridized carbons (Fsp3) is 0.412. The first-order valence-electron chi connectivity index (χ1n) is 6.89. The van der Waals surface area contributed by atoms with Crippen molar-refractivity contribution in [1.82, 2.24) is 5.32 Å². The van der Waals surface area contributed by atoms with E-state index in [1.807, 2.05) is 11.3 Å². The first-order chi connectivity index (χ1) is 9.08. The summed E-state index contributed by atoms with van der Waals surface area (Å²) in [5.41, 5.74) is 7.00. The van der Waals surface area contributed by atoms with Crippen LogP contribution in [0.2, 0.25) is 0 Å². The molecule has 2 rings (SSSR count). The third kappa shape index (κ3) is 2.75. The molecular formula is C17H23NS. The van der Waals surface area contributed by atoms with Gasteiger partial charge in [0.1, 0.15) is 0 Å². The van der Waals surface area contributed by atoms with Crippen LogP contribution in [0.25, 0.3) is 0 Å². The summed E-state index contributed by atoms with van der Waals surface area (Å²) in [5, 5.41) is 5.71. The highest BCUT2D eigenvalue weighted by molar-refractivity contribution is 7.10. The second-order valence-corrected chi connectivity index (χ2v) is 6.15. The van der Waals surface area contributed by atoms with Crippen LogP contribution in [0.1, 0.15) is 45.7 Å². The van der Waals surface area contributed by atoms with Gasteiger partial charge in [0.25, 0.3) is 0 Å². The first-order valence-corrected chi connectivity index (χ1v) is 7.77. The van der Waals surface area contributed by atoms with E-state index in [1.54, 1.807) is 0 Å². The summed E-state index contributed by atoms with van der Waals surface area (Å²) in [6, 6.07) is 7.14. The minimum Gasteiger partial charge on any atom is -0.309 e. The predicted molar refractivity (Wildman–Crippen MR) is 85.3 cm³/mol. The van der Waals surface area contributed by atoms with Gasteiger partial charge in [-0.25, -0.2) is 0 Å². The van der Waals surface area contributed by atoms with Crippen molar-refractivity contribution in [2.75, 3.05) is 7.05 Å². The normalized spacial score (nSPS) is 12.7. The van der Waals surface area contributed by atoms with E-state index in [1.165, 1.54) is 32.7 Å². The standard InChI is InChI=1S/C17H23NS/c1-6-14-7-8-19-17(14)16(18-5)15-12(3)9-11(2)10-13(15)4/h7-10,16,18H,6H2,1-5H3. The van der Waals surface area contributed by atoms with Gasteiger partial charge >= 0.3 is 0 Å². The summed E-state index contributed by atoms with van der Waals surface area (Å²) in [4.78, 5) is 1.46. The Hall–Kier alpha value is -1.12. The number of nitrogens with one attached hydrogen (secondary N) is 1. The van der Waals surface area contributed by atoms with Gasteiger partial charge in [-0.3, -0.25) is 0 Å². The first kappa shape index (κ1) is 14.3. The van der Waals surface area contributed by atoms with Gasteiger partial charge in [-0.05, 0) is 67.9 Å². The van der Waals surface area contributed by atoms with Crippen LogP contribution in [0.5, 0.6) is 0 Å². The zero-order chi connectivity index (χ0) is 14.0. The fourth-order valence-corrected chi connectivity index (χ4v) is 4.06. The zero-order valence-electron chi connectivity index (χ0n) is 12.5. The molecule has 19 heavy (non-hydrogen) atoms. The molecule has 1 aromatic carbocycles. The van der Waals surface area contributed by atoms with Crippen molar-refractivity contribution in [3.63, 3.8) is 0 Å². The van der Waals surface area contributed by atoms with Crippen LogP contribution in [0.15, 0.2) is 23.6 Å². The van der Waals surface area contributed by atoms with Crippen molar-refractivity contribution in [2.24, 2.45) is 0 Å². The third-order valence-corrected chi connectivity index (χ3v) is 4.76. The summed E-state index contributed by atoms with van der Waals surface area (Å²) < 4.78 is 0. The van der Waals surface area contributed by atoms with E-state index >= 15 is 0 Å². The van der Waals surface area contributed by atoms with Gasteiger partial charge in [0.2, 0.25) is 0 Å². The number of benzene rings is 1. The monoisotopic (exact) mass is 273 g/mol. The lowest BCUT2D eigenvalue weighted by Gasteiger charge is -2.22. The summed E-state index contributed by atoms with van der Waals surface area (Å²) in [7, 11) is 2.06. The van der Waals surface area contributed by atoms with Crippen molar-refractivity contribution in [2.45, 2.75) is 40.2 Å². The second-order valence-electron chi connectivity index (χ2n) is 5.20. The van der Waals surface area contributed by atoms with E-state index in [0.717, 1.165) is 6.42 Å². The van der Waals surface area contributed by atoms with Crippen molar-refractivity contribution in [1.29, 1.82) is 0 Å². The van der Waals surface area contributed by atoms with Gasteiger partial charge in [0.05, 0.1) is 6.04 Å². The molecular weight excluding hydrogens is 250 g/mol. The van der Waals surface area contributed by atoms with Crippen LogP contribution < -0.4 is 5.32 Å². The molecule has 0 saturated heterocycles. The Morgan fingerprint density at radius 3 is 2.32 bits per heavy atom. The van der Waals surface area contributed by atoms with Crippen LogP contribution in [0, 0.1) is 20.8 Å². The molecule has 0 saturated carbocycles. The Morgan fingerprint density at radius 2 is 1.79 bits per heavy atom. The lowest BCUT2D eigenvalue weighted by molar-refractivity contribution is 0.688. The number of rotatable bonds is 4. The number of hydrogen-bond donors (Lipinski definition) is 1. The number of hydrogen-bond acceptors (Lipinski definition) is 2. The maximum absolute atomic E-state index is 3.51. The van der Waals surface area contributed by atoms with E-state index in [2.05, 4.69) is 63.6 Å². The Balaban J connectivity index is 2.54. The SMILES string of the molecule is CCc1ccsc1C(NC)c1c(C)cc(C)cc1C. The Labute approximate surface area is 120 Å². The van der Waals surface area contributed by atoms with Gasteiger partial charge in [-0.15, -0.1) is 11.3 Å². The molecule has 1 atom stereocenters. The summed E-state index contributed by atoms with van der Waals surface area (Å²) in [5.74, 6) is 0. The van der Waals surface area contributed by atoms with E-state index in [9.17, 15) is 0 Å². The molecule has 0 radical (unpaired) electrons. The van der Waals surface area contributed by atoms with E-state index in [-0.39, 0.29) is 0 Å². The van der Waals surface area contributed by atoms with Crippen molar-refractivity contribution in [3.05, 3.63) is 56.3 Å². The maximum atomic E-state index is 3.51. The van der Waals surface area contributed by atoms with Gasteiger partial charge < -0.3 is 5.32 Å². The number of thiophene rings is 1. The minimum absolute atomic E-state index is 0.315. The highest BCUT2D eigenvalue weighted by atomic mass is 32.1. The van der Waals surface area contributed by atoms with E-state index in [0.29, 0.717) is 6.04 Å². The Morgan fingerprint density at radius 1 is 1.16 bits per heavy atom. The molecule has 0 bridgehead atoms. The smallest absolute Gasteiger partial charge is 0.0676 e. The largest absolute Gasteiger partial charge is 0.309 e. The van der Waals surface area contributed by atoms with Crippen LogP contribution in [0.4, 0.5) is 0 Å². The third-order valence-electron chi connectivity index (χ3n) is 3.74. The molecule has 1 N–H and O–H groups in total. The molecule has 1 unspecified atom stereocenters. The molecule has 2 heteroatoms. The molecule has 0 aliphatic rings. The average molecular weight is 273 g/mol. The minimum atomic E-state index is 0.315. The maximum Gasteiger partial charge on any atom is 0.0676 e. The van der Waals surface area contributed by atoms with Crippen LogP contribution in [0.3, 0.4) is 0 Å². The molecule has 0 aliphatic carbocycles. The lowest BCUT2D eigenvalue weighted by Crippen LogP contribution is -2.20. The average Bonchev–Trinajstić information content (AvgIpc) is 2.81. The molecule has 1 nitrogen and oxygen atoms in total.